The maximum absolute atomic E-state index is 14.1. The van der Waals surface area contributed by atoms with Crippen LogP contribution in [-0.2, 0) is 16.1 Å². The number of ether oxygens (including phenoxy) is 2. The highest BCUT2D eigenvalue weighted by Crippen LogP contribution is 2.35. The second kappa shape index (κ2) is 13.1. The molecule has 0 fully saturated rings. The van der Waals surface area contributed by atoms with Crippen LogP contribution < -0.4 is 19.6 Å². The lowest BCUT2D eigenvalue weighted by Crippen LogP contribution is -2.40. The van der Waals surface area contributed by atoms with Crippen LogP contribution in [-0.4, -0.2) is 17.1 Å². The molecule has 0 N–H and O–H groups in total. The van der Waals surface area contributed by atoms with Gasteiger partial charge in [-0.3, -0.25) is 9.36 Å². The average Bonchev–Trinajstić information content (AvgIpc) is 3.26. The second-order valence-corrected chi connectivity index (χ2v) is 13.0. The van der Waals surface area contributed by atoms with Crippen molar-refractivity contribution in [3.63, 3.8) is 0 Å². The molecule has 0 aliphatic carbocycles. The van der Waals surface area contributed by atoms with Gasteiger partial charge in [0.05, 0.1) is 37.6 Å². The molecule has 212 valence electrons. The van der Waals surface area contributed by atoms with Crippen molar-refractivity contribution in [2.45, 2.75) is 26.5 Å². The fourth-order valence-corrected chi connectivity index (χ4v) is 7.99. The number of aromatic nitrogens is 1. The number of hydrogen-bond donors (Lipinski definition) is 0. The van der Waals surface area contributed by atoms with Crippen molar-refractivity contribution in [1.82, 2.24) is 4.57 Å². The van der Waals surface area contributed by atoms with Gasteiger partial charge in [0, 0.05) is 19.7 Å². The van der Waals surface area contributed by atoms with Crippen LogP contribution in [0.15, 0.2) is 81.7 Å². The first kappa shape index (κ1) is 30.5. The standard InChI is InChI=1S/C31H22ClI2N3O4S/c1-3-40-30(39)26-17(2)36-31-37(27(26)22-10-6-7-11-23(22)32)29(38)25(42-31)13-20-12-21(33)14-24(34)28(20)41-16-19-9-5-4-8-18(19)15-35/h4-14,27H,3,16H2,1-2H3/b25-13-/t27-/m1/s1. The summed E-state index contributed by atoms with van der Waals surface area (Å²) in [5.41, 5.74) is 3.05. The Morgan fingerprint density at radius 3 is 2.67 bits per heavy atom. The number of allylic oxidation sites excluding steroid dienone is 1. The Kier molecular flexibility index (Phi) is 9.51. The van der Waals surface area contributed by atoms with E-state index in [0.29, 0.717) is 42.5 Å². The van der Waals surface area contributed by atoms with E-state index in [4.69, 9.17) is 21.1 Å². The zero-order valence-corrected chi connectivity index (χ0v) is 28.2. The van der Waals surface area contributed by atoms with Crippen molar-refractivity contribution in [2.75, 3.05) is 6.61 Å². The third-order valence-electron chi connectivity index (χ3n) is 6.55. The molecule has 3 aromatic carbocycles. The Labute approximate surface area is 278 Å². The number of carbonyl (C=O) groups excluding carboxylic acids is 1. The number of fused-ring (bicyclic) bond motifs is 1. The van der Waals surface area contributed by atoms with Crippen LogP contribution in [0.25, 0.3) is 6.08 Å². The molecule has 0 spiro atoms. The van der Waals surface area contributed by atoms with Crippen molar-refractivity contribution in [3.05, 3.63) is 126 Å². The minimum Gasteiger partial charge on any atom is -0.487 e. The second-order valence-electron chi connectivity index (χ2n) is 9.19. The van der Waals surface area contributed by atoms with Gasteiger partial charge < -0.3 is 9.47 Å². The summed E-state index contributed by atoms with van der Waals surface area (Å²) in [7, 11) is 0. The van der Waals surface area contributed by atoms with Crippen LogP contribution in [0.4, 0.5) is 0 Å². The molecule has 0 unspecified atom stereocenters. The SMILES string of the molecule is CCOC(=O)C1=C(C)N=c2s/c(=C\c3cc(I)cc(I)c3OCc3ccccc3C#N)c(=O)n2[C@@H]1c1ccccc1Cl. The first-order valence-electron chi connectivity index (χ1n) is 12.8. The summed E-state index contributed by atoms with van der Waals surface area (Å²) in [5, 5.41) is 9.91. The number of rotatable bonds is 7. The molecule has 7 nitrogen and oxygen atoms in total. The highest BCUT2D eigenvalue weighted by atomic mass is 127. The van der Waals surface area contributed by atoms with Gasteiger partial charge in [-0.1, -0.05) is 59.3 Å². The minimum atomic E-state index is -0.801. The third-order valence-corrected chi connectivity index (χ3v) is 9.30. The molecule has 5 rings (SSSR count). The fourth-order valence-electron chi connectivity index (χ4n) is 4.67. The number of benzene rings is 3. The first-order chi connectivity index (χ1) is 20.2. The van der Waals surface area contributed by atoms with Crippen LogP contribution in [0.2, 0.25) is 5.02 Å². The Bertz CT molecular complexity index is 1980. The monoisotopic (exact) mass is 821 g/mol. The van der Waals surface area contributed by atoms with Crippen LogP contribution in [0.5, 0.6) is 5.75 Å². The average molecular weight is 822 g/mol. The molecule has 2 heterocycles. The molecule has 11 heteroatoms. The highest BCUT2D eigenvalue weighted by molar-refractivity contribution is 14.1. The summed E-state index contributed by atoms with van der Waals surface area (Å²) < 4.78 is 15.4. The third kappa shape index (κ3) is 6.06. The van der Waals surface area contributed by atoms with Gasteiger partial charge in [-0.05, 0) is 94.9 Å². The molecule has 0 saturated heterocycles. The zero-order valence-electron chi connectivity index (χ0n) is 22.4. The van der Waals surface area contributed by atoms with Gasteiger partial charge in [0.2, 0.25) is 0 Å². The van der Waals surface area contributed by atoms with E-state index in [9.17, 15) is 14.9 Å². The number of hydrogen-bond acceptors (Lipinski definition) is 7. The normalized spacial score (nSPS) is 14.7. The molecule has 42 heavy (non-hydrogen) atoms. The van der Waals surface area contributed by atoms with E-state index in [1.807, 2.05) is 36.4 Å². The quantitative estimate of drug-likeness (QED) is 0.166. The highest BCUT2D eigenvalue weighted by Gasteiger charge is 2.34. The van der Waals surface area contributed by atoms with Crippen LogP contribution >= 0.6 is 68.1 Å². The largest absolute Gasteiger partial charge is 0.487 e. The van der Waals surface area contributed by atoms with E-state index < -0.39 is 12.0 Å². The van der Waals surface area contributed by atoms with Crippen molar-refractivity contribution in [3.8, 4) is 11.8 Å². The maximum atomic E-state index is 14.1. The molecule has 1 aromatic heterocycles. The van der Waals surface area contributed by atoms with Crippen LogP contribution in [0.1, 0.15) is 42.1 Å². The Morgan fingerprint density at radius 2 is 1.93 bits per heavy atom. The van der Waals surface area contributed by atoms with E-state index in [0.717, 1.165) is 12.7 Å². The Hall–Kier alpha value is -2.99. The molecule has 1 aliphatic rings. The van der Waals surface area contributed by atoms with E-state index in [1.165, 1.54) is 15.9 Å². The number of carbonyl (C=O) groups is 1. The first-order valence-corrected chi connectivity index (χ1v) is 16.1. The maximum Gasteiger partial charge on any atom is 0.338 e. The number of nitrogens with zero attached hydrogens (tertiary/aromatic N) is 3. The molecule has 0 bridgehead atoms. The molecular weight excluding hydrogens is 800 g/mol. The van der Waals surface area contributed by atoms with Gasteiger partial charge in [0.15, 0.2) is 4.80 Å². The van der Waals surface area contributed by atoms with Gasteiger partial charge >= 0.3 is 5.97 Å². The van der Waals surface area contributed by atoms with E-state index >= 15 is 0 Å². The van der Waals surface area contributed by atoms with Crippen molar-refractivity contribution >= 4 is 80.2 Å². The van der Waals surface area contributed by atoms with Crippen LogP contribution in [0, 0.1) is 18.5 Å². The predicted octanol–water partition coefficient (Wildman–Crippen LogP) is 6.11. The Morgan fingerprint density at radius 1 is 1.19 bits per heavy atom. The molecule has 0 radical (unpaired) electrons. The fraction of sp³-hybridized carbons (Fsp3) is 0.161. The van der Waals surface area contributed by atoms with Crippen molar-refractivity contribution < 1.29 is 14.3 Å². The smallest absolute Gasteiger partial charge is 0.338 e. The molecule has 1 atom stereocenters. The van der Waals surface area contributed by atoms with Gasteiger partial charge in [0.1, 0.15) is 18.4 Å². The number of thiazole rings is 1. The lowest BCUT2D eigenvalue weighted by molar-refractivity contribution is -0.139. The summed E-state index contributed by atoms with van der Waals surface area (Å²) in [6.07, 6.45) is 1.78. The minimum absolute atomic E-state index is 0.183. The summed E-state index contributed by atoms with van der Waals surface area (Å²) in [4.78, 5) is 32.3. The Balaban J connectivity index is 1.66. The summed E-state index contributed by atoms with van der Waals surface area (Å²) in [6.45, 7) is 3.84. The molecular formula is C31H22ClI2N3O4S. The molecule has 0 saturated carbocycles. The van der Waals surface area contributed by atoms with Crippen LogP contribution in [0.3, 0.4) is 0 Å². The number of esters is 1. The van der Waals surface area contributed by atoms with E-state index in [2.05, 4.69) is 56.2 Å². The van der Waals surface area contributed by atoms with Gasteiger partial charge in [0.25, 0.3) is 5.56 Å². The van der Waals surface area contributed by atoms with Gasteiger partial charge in [-0.2, -0.15) is 5.26 Å². The predicted molar refractivity (Wildman–Crippen MR) is 179 cm³/mol. The van der Waals surface area contributed by atoms with Crippen molar-refractivity contribution in [2.24, 2.45) is 4.99 Å². The summed E-state index contributed by atoms with van der Waals surface area (Å²) in [5.74, 6) is 0.0547. The lowest BCUT2D eigenvalue weighted by Gasteiger charge is -2.25. The summed E-state index contributed by atoms with van der Waals surface area (Å²) in [6, 6.07) is 19.7. The van der Waals surface area contributed by atoms with Crippen molar-refractivity contribution in [1.29, 1.82) is 5.26 Å². The van der Waals surface area contributed by atoms with E-state index in [-0.39, 0.29) is 24.3 Å². The molecule has 1 aliphatic heterocycles. The zero-order chi connectivity index (χ0) is 30.0. The molecule has 4 aromatic rings. The number of halogens is 3. The molecule has 0 amide bonds. The van der Waals surface area contributed by atoms with Gasteiger partial charge in [-0.25, -0.2) is 9.79 Å². The van der Waals surface area contributed by atoms with Gasteiger partial charge in [-0.15, -0.1) is 0 Å². The number of nitriles is 1. The van der Waals surface area contributed by atoms with E-state index in [1.54, 1.807) is 44.2 Å². The topological polar surface area (TPSA) is 93.7 Å². The summed E-state index contributed by atoms with van der Waals surface area (Å²) >= 11 is 12.3. The lowest BCUT2D eigenvalue weighted by atomic mass is 9.96.